The molecule has 2 unspecified atom stereocenters. The number of benzene rings is 1. The van der Waals surface area contributed by atoms with Crippen LogP contribution in [0.2, 0.25) is 0 Å². The lowest BCUT2D eigenvalue weighted by atomic mass is 10.1. The highest BCUT2D eigenvalue weighted by Crippen LogP contribution is 2.24. The number of carboxylic acids is 1. The lowest BCUT2D eigenvalue weighted by Crippen LogP contribution is -2.26. The Hall–Kier alpha value is -1.42. The molecule has 0 radical (unpaired) electrons. The standard InChI is InChI=1S/C14H18FNO2/c1-9-3-10(2)16(7-9)8-11-4-12(14(17)18)6-13(15)5-11/h4-6,9-10H,3,7-8H2,1-2H3,(H,17,18). The van der Waals surface area contributed by atoms with Gasteiger partial charge in [-0.3, -0.25) is 4.90 Å². The van der Waals surface area contributed by atoms with Crippen LogP contribution >= 0.6 is 0 Å². The number of carbonyl (C=O) groups is 1. The Bertz CT molecular complexity index is 461. The molecule has 18 heavy (non-hydrogen) atoms. The smallest absolute Gasteiger partial charge is 0.335 e. The molecule has 1 aliphatic rings. The molecular formula is C14H18FNO2. The van der Waals surface area contributed by atoms with Crippen molar-refractivity contribution in [2.75, 3.05) is 6.54 Å². The van der Waals surface area contributed by atoms with E-state index in [1.165, 1.54) is 6.07 Å². The van der Waals surface area contributed by atoms with Gasteiger partial charge in [0.25, 0.3) is 0 Å². The molecular weight excluding hydrogens is 233 g/mol. The van der Waals surface area contributed by atoms with Crippen LogP contribution in [0.15, 0.2) is 18.2 Å². The quantitative estimate of drug-likeness (QED) is 0.898. The molecule has 0 spiro atoms. The lowest BCUT2D eigenvalue weighted by molar-refractivity contribution is 0.0696. The molecule has 98 valence electrons. The molecule has 0 aliphatic carbocycles. The monoisotopic (exact) mass is 251 g/mol. The van der Waals surface area contributed by atoms with Gasteiger partial charge in [-0.15, -0.1) is 0 Å². The highest BCUT2D eigenvalue weighted by atomic mass is 19.1. The molecule has 1 aromatic rings. The van der Waals surface area contributed by atoms with Gasteiger partial charge >= 0.3 is 5.97 Å². The largest absolute Gasteiger partial charge is 0.478 e. The molecule has 0 bridgehead atoms. The summed E-state index contributed by atoms with van der Waals surface area (Å²) in [5, 5.41) is 8.91. The van der Waals surface area contributed by atoms with E-state index in [9.17, 15) is 9.18 Å². The van der Waals surface area contributed by atoms with Gasteiger partial charge in [0.15, 0.2) is 0 Å². The first-order valence-corrected chi connectivity index (χ1v) is 6.22. The van der Waals surface area contributed by atoms with Crippen molar-refractivity contribution in [3.8, 4) is 0 Å². The van der Waals surface area contributed by atoms with E-state index in [0.29, 0.717) is 18.5 Å². The first-order valence-electron chi connectivity index (χ1n) is 6.22. The Kier molecular flexibility index (Phi) is 3.66. The summed E-state index contributed by atoms with van der Waals surface area (Å²) in [6.45, 7) is 5.95. The van der Waals surface area contributed by atoms with Gasteiger partial charge in [-0.05, 0) is 43.0 Å². The molecule has 1 saturated heterocycles. The third kappa shape index (κ3) is 2.88. The number of hydrogen-bond acceptors (Lipinski definition) is 2. The molecule has 3 nitrogen and oxygen atoms in total. The number of halogens is 1. The van der Waals surface area contributed by atoms with Gasteiger partial charge < -0.3 is 5.11 Å². The summed E-state index contributed by atoms with van der Waals surface area (Å²) < 4.78 is 13.4. The van der Waals surface area contributed by atoms with Gasteiger partial charge in [0.1, 0.15) is 5.82 Å². The maximum absolute atomic E-state index is 13.4. The highest BCUT2D eigenvalue weighted by Gasteiger charge is 2.26. The van der Waals surface area contributed by atoms with Gasteiger partial charge in [-0.1, -0.05) is 6.92 Å². The van der Waals surface area contributed by atoms with E-state index < -0.39 is 11.8 Å². The van der Waals surface area contributed by atoms with Crippen LogP contribution in [0.5, 0.6) is 0 Å². The lowest BCUT2D eigenvalue weighted by Gasteiger charge is -2.21. The molecule has 2 rings (SSSR count). The predicted molar refractivity (Wildman–Crippen MR) is 67.0 cm³/mol. The normalized spacial score (nSPS) is 24.4. The molecule has 0 saturated carbocycles. The number of nitrogens with zero attached hydrogens (tertiary/aromatic N) is 1. The number of hydrogen-bond donors (Lipinski definition) is 1. The van der Waals surface area contributed by atoms with E-state index in [2.05, 4.69) is 18.7 Å². The third-order valence-corrected chi connectivity index (χ3v) is 3.50. The highest BCUT2D eigenvalue weighted by molar-refractivity contribution is 5.87. The van der Waals surface area contributed by atoms with Crippen LogP contribution in [0.4, 0.5) is 4.39 Å². The minimum Gasteiger partial charge on any atom is -0.478 e. The van der Waals surface area contributed by atoms with Crippen molar-refractivity contribution in [2.24, 2.45) is 5.92 Å². The van der Waals surface area contributed by atoms with Gasteiger partial charge in [0, 0.05) is 19.1 Å². The van der Waals surface area contributed by atoms with Crippen LogP contribution in [-0.4, -0.2) is 28.6 Å². The van der Waals surface area contributed by atoms with Gasteiger partial charge in [-0.2, -0.15) is 0 Å². The number of rotatable bonds is 3. The van der Waals surface area contributed by atoms with E-state index in [0.717, 1.165) is 24.6 Å². The zero-order valence-electron chi connectivity index (χ0n) is 10.7. The molecule has 1 aromatic carbocycles. The summed E-state index contributed by atoms with van der Waals surface area (Å²) >= 11 is 0. The first-order chi connectivity index (χ1) is 8.45. The molecule has 4 heteroatoms. The molecule has 2 atom stereocenters. The Labute approximate surface area is 106 Å². The average Bonchev–Trinajstić information content (AvgIpc) is 2.56. The Balaban J connectivity index is 2.16. The summed E-state index contributed by atoms with van der Waals surface area (Å²) in [5.74, 6) is -0.920. The molecule has 1 heterocycles. The number of carboxylic acid groups (broad SMARTS) is 1. The SMILES string of the molecule is CC1CC(C)N(Cc2cc(F)cc(C(=O)O)c2)C1. The minimum absolute atomic E-state index is 0.0184. The summed E-state index contributed by atoms with van der Waals surface area (Å²) in [6.07, 6.45) is 1.14. The van der Waals surface area contributed by atoms with Gasteiger partial charge in [0.2, 0.25) is 0 Å². The van der Waals surface area contributed by atoms with Crippen molar-refractivity contribution in [1.82, 2.24) is 4.90 Å². The first kappa shape index (κ1) is 13.0. The number of likely N-dealkylation sites (tertiary alicyclic amines) is 1. The zero-order chi connectivity index (χ0) is 13.3. The van der Waals surface area contributed by atoms with Crippen LogP contribution in [0.1, 0.15) is 36.2 Å². The second-order valence-corrected chi connectivity index (χ2v) is 5.27. The van der Waals surface area contributed by atoms with Crippen molar-refractivity contribution < 1.29 is 14.3 Å². The molecule has 0 amide bonds. The van der Waals surface area contributed by atoms with Crippen molar-refractivity contribution in [1.29, 1.82) is 0 Å². The summed E-state index contributed by atoms with van der Waals surface area (Å²) in [4.78, 5) is 13.1. The van der Waals surface area contributed by atoms with Gasteiger partial charge in [0.05, 0.1) is 5.56 Å². The fourth-order valence-electron chi connectivity index (χ4n) is 2.71. The van der Waals surface area contributed by atoms with Crippen molar-refractivity contribution in [2.45, 2.75) is 32.9 Å². The van der Waals surface area contributed by atoms with E-state index >= 15 is 0 Å². The van der Waals surface area contributed by atoms with Crippen LogP contribution in [0, 0.1) is 11.7 Å². The van der Waals surface area contributed by atoms with E-state index in [-0.39, 0.29) is 5.56 Å². The Morgan fingerprint density at radius 2 is 2.17 bits per heavy atom. The topological polar surface area (TPSA) is 40.5 Å². The second kappa shape index (κ2) is 5.06. The van der Waals surface area contributed by atoms with Crippen molar-refractivity contribution in [3.63, 3.8) is 0 Å². The van der Waals surface area contributed by atoms with Crippen molar-refractivity contribution in [3.05, 3.63) is 35.1 Å². The summed E-state index contributed by atoms with van der Waals surface area (Å²) in [6, 6.07) is 4.50. The maximum atomic E-state index is 13.4. The minimum atomic E-state index is -1.08. The van der Waals surface area contributed by atoms with E-state index in [4.69, 9.17) is 5.11 Å². The van der Waals surface area contributed by atoms with E-state index in [1.54, 1.807) is 6.07 Å². The Morgan fingerprint density at radius 1 is 1.44 bits per heavy atom. The summed E-state index contributed by atoms with van der Waals surface area (Å²) in [5.41, 5.74) is 0.748. The molecule has 0 aromatic heterocycles. The van der Waals surface area contributed by atoms with Crippen LogP contribution in [-0.2, 0) is 6.54 Å². The fraction of sp³-hybridized carbons (Fsp3) is 0.500. The molecule has 1 fully saturated rings. The fourth-order valence-corrected chi connectivity index (χ4v) is 2.71. The third-order valence-electron chi connectivity index (χ3n) is 3.50. The van der Waals surface area contributed by atoms with Crippen molar-refractivity contribution >= 4 is 5.97 Å². The average molecular weight is 251 g/mol. The number of aromatic carboxylic acids is 1. The molecule has 1 N–H and O–H groups in total. The molecule has 1 aliphatic heterocycles. The van der Waals surface area contributed by atoms with Crippen LogP contribution in [0.25, 0.3) is 0 Å². The van der Waals surface area contributed by atoms with Crippen LogP contribution < -0.4 is 0 Å². The van der Waals surface area contributed by atoms with E-state index in [1.807, 2.05) is 0 Å². The summed E-state index contributed by atoms with van der Waals surface area (Å²) in [7, 11) is 0. The maximum Gasteiger partial charge on any atom is 0.335 e. The Morgan fingerprint density at radius 3 is 2.72 bits per heavy atom. The second-order valence-electron chi connectivity index (χ2n) is 5.27. The predicted octanol–water partition coefficient (Wildman–Crippen LogP) is 2.75. The van der Waals surface area contributed by atoms with Gasteiger partial charge in [-0.25, -0.2) is 9.18 Å². The van der Waals surface area contributed by atoms with Crippen LogP contribution in [0.3, 0.4) is 0 Å². The zero-order valence-corrected chi connectivity index (χ0v) is 10.7.